The number of anilines is 2. The van der Waals surface area contributed by atoms with E-state index in [0.29, 0.717) is 11.6 Å². The first-order valence-electron chi connectivity index (χ1n) is 10.7. The third kappa shape index (κ3) is 3.92. The van der Waals surface area contributed by atoms with Crippen LogP contribution in [0.3, 0.4) is 0 Å². The molecule has 0 aromatic heterocycles. The van der Waals surface area contributed by atoms with Crippen LogP contribution in [0.1, 0.15) is 50.5 Å². The van der Waals surface area contributed by atoms with Crippen molar-refractivity contribution in [2.24, 2.45) is 5.41 Å². The van der Waals surface area contributed by atoms with Gasteiger partial charge in [-0.15, -0.1) is 0 Å². The van der Waals surface area contributed by atoms with Gasteiger partial charge < -0.3 is 20.0 Å². The predicted octanol–water partition coefficient (Wildman–Crippen LogP) is 3.21. The average molecular weight is 402 g/mol. The minimum atomic E-state index is -1.07. The molecule has 2 amide bonds. The molecule has 0 bridgehead atoms. The van der Waals surface area contributed by atoms with E-state index in [1.807, 2.05) is 19.1 Å². The lowest BCUT2D eigenvalue weighted by Crippen LogP contribution is -2.50. The van der Waals surface area contributed by atoms with Gasteiger partial charge in [0, 0.05) is 37.1 Å². The number of hydrogen-bond donors (Lipinski definition) is 3. The molecular formula is C22H31N3O4. The number of carbonyl (C=O) groups is 2. The van der Waals surface area contributed by atoms with Gasteiger partial charge in [-0.25, -0.2) is 4.79 Å². The fourth-order valence-electron chi connectivity index (χ4n) is 5.49. The van der Waals surface area contributed by atoms with Gasteiger partial charge in [-0.3, -0.25) is 10.1 Å². The minimum absolute atomic E-state index is 0.204. The number of aryl methyl sites for hydroxylation is 1. The Bertz CT molecular complexity index is 790. The summed E-state index contributed by atoms with van der Waals surface area (Å²) in [5.74, 6) is 0.297. The summed E-state index contributed by atoms with van der Waals surface area (Å²) in [5, 5.41) is 21.1. The summed E-state index contributed by atoms with van der Waals surface area (Å²) in [6.45, 7) is 4.45. The van der Waals surface area contributed by atoms with E-state index < -0.39 is 6.09 Å². The number of aliphatic hydroxyl groups is 1. The Morgan fingerprint density at radius 1 is 1.17 bits per heavy atom. The molecule has 1 atom stereocenters. The molecule has 1 saturated carbocycles. The van der Waals surface area contributed by atoms with E-state index in [1.165, 1.54) is 0 Å². The maximum Gasteiger partial charge on any atom is 0.409 e. The van der Waals surface area contributed by atoms with Gasteiger partial charge in [0.25, 0.3) is 0 Å². The number of carboxylic acid groups (broad SMARTS) is 1. The van der Waals surface area contributed by atoms with Crippen LogP contribution in [0, 0.1) is 12.3 Å². The van der Waals surface area contributed by atoms with Crippen LogP contribution >= 0.6 is 0 Å². The summed E-state index contributed by atoms with van der Waals surface area (Å²) < 4.78 is 0. The number of nitrogens with one attached hydrogen (secondary N) is 1. The third-order valence-corrected chi connectivity index (χ3v) is 7.02. The first kappa shape index (κ1) is 20.0. The zero-order valence-electron chi connectivity index (χ0n) is 17.1. The van der Waals surface area contributed by atoms with Gasteiger partial charge in [-0.1, -0.05) is 0 Å². The molecule has 2 heterocycles. The minimum Gasteiger partial charge on any atom is -0.465 e. The van der Waals surface area contributed by atoms with Crippen LogP contribution in [-0.4, -0.2) is 58.9 Å². The lowest BCUT2D eigenvalue weighted by atomic mass is 9.78. The molecule has 2 aliphatic heterocycles. The van der Waals surface area contributed by atoms with E-state index in [-0.39, 0.29) is 17.6 Å². The second-order valence-electron chi connectivity index (χ2n) is 8.95. The Labute approximate surface area is 171 Å². The molecule has 3 N–H and O–H groups in total. The van der Waals surface area contributed by atoms with Crippen LogP contribution in [0.25, 0.3) is 0 Å². The van der Waals surface area contributed by atoms with E-state index in [9.17, 15) is 14.7 Å². The Morgan fingerprint density at radius 2 is 1.93 bits per heavy atom. The normalized spacial score (nSPS) is 30.1. The number of piperidine rings is 1. The lowest BCUT2D eigenvalue weighted by molar-refractivity contribution is -0.139. The summed E-state index contributed by atoms with van der Waals surface area (Å²) >= 11 is 0. The predicted molar refractivity (Wildman–Crippen MR) is 111 cm³/mol. The Kier molecular flexibility index (Phi) is 5.42. The topological polar surface area (TPSA) is 93.1 Å². The Hall–Kier alpha value is -2.28. The van der Waals surface area contributed by atoms with E-state index in [4.69, 9.17) is 5.11 Å². The number of likely N-dealkylation sites (tertiary alicyclic amines) is 1. The third-order valence-electron chi connectivity index (χ3n) is 7.02. The highest BCUT2D eigenvalue weighted by Crippen LogP contribution is 2.44. The van der Waals surface area contributed by atoms with Gasteiger partial charge in [-0.05, 0) is 75.6 Å². The number of aliphatic hydroxyl groups excluding tert-OH is 1. The second-order valence-corrected chi connectivity index (χ2v) is 8.95. The standard InChI is InChI=1S/C22H31N3O4/c1-15-13-16(23-21(28)29)3-8-19(15)24-11-2-9-22(14-24)10-12-25(20(22)27)17-4-6-18(26)7-5-17/h3,8,13,17-18,23,26H,2,4-7,9-12,14H2,1H3,(H,28,29). The molecule has 1 aliphatic carbocycles. The summed E-state index contributed by atoms with van der Waals surface area (Å²) in [6, 6.07) is 5.87. The van der Waals surface area contributed by atoms with Crippen molar-refractivity contribution in [1.29, 1.82) is 0 Å². The van der Waals surface area contributed by atoms with Crippen LogP contribution in [-0.2, 0) is 4.79 Å². The number of nitrogens with zero attached hydrogens (tertiary/aromatic N) is 2. The second kappa shape index (κ2) is 7.86. The van der Waals surface area contributed by atoms with E-state index in [1.54, 1.807) is 6.07 Å². The van der Waals surface area contributed by atoms with Gasteiger partial charge in [0.1, 0.15) is 0 Å². The molecule has 29 heavy (non-hydrogen) atoms. The molecule has 1 aromatic rings. The monoisotopic (exact) mass is 401 g/mol. The lowest BCUT2D eigenvalue weighted by Gasteiger charge is -2.42. The van der Waals surface area contributed by atoms with E-state index in [0.717, 1.165) is 75.8 Å². The zero-order valence-corrected chi connectivity index (χ0v) is 17.1. The maximum absolute atomic E-state index is 13.5. The van der Waals surface area contributed by atoms with Gasteiger partial charge in [0.05, 0.1) is 11.5 Å². The first-order chi connectivity index (χ1) is 13.9. The molecule has 1 aromatic carbocycles. The fourth-order valence-corrected chi connectivity index (χ4v) is 5.49. The van der Waals surface area contributed by atoms with Crippen molar-refractivity contribution in [2.45, 2.75) is 64.0 Å². The number of rotatable bonds is 3. The van der Waals surface area contributed by atoms with Crippen molar-refractivity contribution in [3.05, 3.63) is 23.8 Å². The van der Waals surface area contributed by atoms with Crippen LogP contribution in [0.4, 0.5) is 16.2 Å². The van der Waals surface area contributed by atoms with Crippen molar-refractivity contribution in [3.63, 3.8) is 0 Å². The molecule has 7 nitrogen and oxygen atoms in total. The van der Waals surface area contributed by atoms with Crippen LogP contribution in [0.2, 0.25) is 0 Å². The molecule has 1 unspecified atom stereocenters. The number of hydrogen-bond acceptors (Lipinski definition) is 4. The molecule has 4 rings (SSSR count). The van der Waals surface area contributed by atoms with Gasteiger partial charge in [-0.2, -0.15) is 0 Å². The highest BCUT2D eigenvalue weighted by atomic mass is 16.4. The molecule has 2 saturated heterocycles. The van der Waals surface area contributed by atoms with E-state index in [2.05, 4.69) is 15.1 Å². The molecule has 3 fully saturated rings. The quantitative estimate of drug-likeness (QED) is 0.723. The molecule has 3 aliphatic rings. The van der Waals surface area contributed by atoms with Gasteiger partial charge in [0.2, 0.25) is 5.91 Å². The SMILES string of the molecule is Cc1cc(NC(=O)O)ccc1N1CCCC2(CCN(C3CCC(O)CC3)C2=O)C1. The summed E-state index contributed by atoms with van der Waals surface area (Å²) in [7, 11) is 0. The Balaban J connectivity index is 1.48. The Morgan fingerprint density at radius 3 is 2.62 bits per heavy atom. The number of carbonyl (C=O) groups excluding carboxylic acids is 1. The summed E-state index contributed by atoms with van der Waals surface area (Å²) in [4.78, 5) is 28.7. The van der Waals surface area contributed by atoms with Crippen molar-refractivity contribution in [1.82, 2.24) is 4.90 Å². The first-order valence-corrected chi connectivity index (χ1v) is 10.7. The number of amides is 2. The average Bonchev–Trinajstić information content (AvgIpc) is 2.98. The van der Waals surface area contributed by atoms with Gasteiger partial charge in [0.15, 0.2) is 0 Å². The highest BCUT2D eigenvalue weighted by Gasteiger charge is 2.50. The number of benzene rings is 1. The fraction of sp³-hybridized carbons (Fsp3) is 0.636. The summed E-state index contributed by atoms with van der Waals surface area (Å²) in [6.07, 6.45) is 4.95. The zero-order chi connectivity index (χ0) is 20.6. The van der Waals surface area contributed by atoms with Crippen molar-refractivity contribution in [3.8, 4) is 0 Å². The largest absolute Gasteiger partial charge is 0.465 e. The summed E-state index contributed by atoms with van der Waals surface area (Å²) in [5.41, 5.74) is 2.34. The van der Waals surface area contributed by atoms with Crippen molar-refractivity contribution < 1.29 is 19.8 Å². The highest BCUT2D eigenvalue weighted by molar-refractivity contribution is 5.86. The molecule has 0 radical (unpaired) electrons. The van der Waals surface area contributed by atoms with Crippen LogP contribution < -0.4 is 10.2 Å². The van der Waals surface area contributed by atoms with Gasteiger partial charge >= 0.3 is 6.09 Å². The smallest absolute Gasteiger partial charge is 0.409 e. The molecular weight excluding hydrogens is 370 g/mol. The maximum atomic E-state index is 13.5. The van der Waals surface area contributed by atoms with E-state index >= 15 is 0 Å². The molecule has 7 heteroatoms. The van der Waals surface area contributed by atoms with Crippen LogP contribution in [0.15, 0.2) is 18.2 Å². The molecule has 1 spiro atoms. The van der Waals surface area contributed by atoms with Crippen molar-refractivity contribution in [2.75, 3.05) is 29.9 Å². The molecule has 158 valence electrons. The van der Waals surface area contributed by atoms with Crippen LogP contribution in [0.5, 0.6) is 0 Å². The van der Waals surface area contributed by atoms with Crippen molar-refractivity contribution >= 4 is 23.4 Å².